The summed E-state index contributed by atoms with van der Waals surface area (Å²) < 4.78 is 4.68. The quantitative estimate of drug-likeness (QED) is 0.759. The number of hydrogen-bond acceptors (Lipinski definition) is 5. The molecule has 5 heteroatoms. The lowest BCUT2D eigenvalue weighted by atomic mass is 10.1. The predicted molar refractivity (Wildman–Crippen MR) is 72.6 cm³/mol. The number of methoxy groups -OCH3 is 1. The van der Waals surface area contributed by atoms with Gasteiger partial charge in [-0.05, 0) is 18.9 Å². The average Bonchev–Trinajstić information content (AvgIpc) is 2.39. The van der Waals surface area contributed by atoms with E-state index in [9.17, 15) is 4.79 Å². The van der Waals surface area contributed by atoms with E-state index < -0.39 is 5.97 Å². The number of nitrogens with zero attached hydrogens (tertiary/aromatic N) is 1. The first-order valence-corrected chi connectivity index (χ1v) is 6.22. The van der Waals surface area contributed by atoms with Gasteiger partial charge in [0.25, 0.3) is 0 Å². The smallest absolute Gasteiger partial charge is 0.340 e. The van der Waals surface area contributed by atoms with Gasteiger partial charge in [-0.3, -0.25) is 0 Å². The minimum absolute atomic E-state index is 0.330. The van der Waals surface area contributed by atoms with Gasteiger partial charge in [-0.2, -0.15) is 0 Å². The van der Waals surface area contributed by atoms with E-state index in [1.165, 1.54) is 13.3 Å². The summed E-state index contributed by atoms with van der Waals surface area (Å²) in [5.41, 5.74) is 6.37. The minimum Gasteiger partial charge on any atom is -0.465 e. The largest absolute Gasteiger partial charge is 0.465 e. The third-order valence-corrected chi connectivity index (χ3v) is 2.82. The van der Waals surface area contributed by atoms with Gasteiger partial charge in [-0.15, -0.1) is 0 Å². The third-order valence-electron chi connectivity index (χ3n) is 2.82. The van der Waals surface area contributed by atoms with Crippen LogP contribution in [0.4, 0.5) is 11.5 Å². The van der Waals surface area contributed by atoms with E-state index in [1.807, 2.05) is 0 Å². The van der Waals surface area contributed by atoms with Crippen molar-refractivity contribution in [1.82, 2.24) is 4.98 Å². The summed E-state index contributed by atoms with van der Waals surface area (Å²) in [5, 5.41) is 3.30. The molecule has 3 N–H and O–H groups in total. The van der Waals surface area contributed by atoms with Gasteiger partial charge in [0.2, 0.25) is 0 Å². The van der Waals surface area contributed by atoms with Crippen LogP contribution in [0.25, 0.3) is 0 Å². The van der Waals surface area contributed by atoms with E-state index in [2.05, 4.69) is 28.9 Å². The normalized spacial score (nSPS) is 11.9. The SMILES string of the molecule is CCCC(CC)Nc1cc(C(=O)OC)c(N)cn1. The van der Waals surface area contributed by atoms with Crippen molar-refractivity contribution < 1.29 is 9.53 Å². The molecule has 1 unspecified atom stereocenters. The molecule has 1 rings (SSSR count). The van der Waals surface area contributed by atoms with Gasteiger partial charge >= 0.3 is 5.97 Å². The first kappa shape index (κ1) is 14.3. The molecule has 100 valence electrons. The third kappa shape index (κ3) is 3.61. The van der Waals surface area contributed by atoms with Crippen LogP contribution in [0.2, 0.25) is 0 Å². The molecule has 0 aliphatic heterocycles. The molecule has 0 saturated carbocycles. The zero-order valence-electron chi connectivity index (χ0n) is 11.2. The van der Waals surface area contributed by atoms with Crippen LogP contribution in [-0.2, 0) is 4.74 Å². The molecular weight excluding hydrogens is 230 g/mol. The predicted octanol–water partition coefficient (Wildman–Crippen LogP) is 2.44. The molecule has 18 heavy (non-hydrogen) atoms. The number of nitrogens with two attached hydrogens (primary N) is 1. The maximum absolute atomic E-state index is 11.5. The molecule has 0 saturated heterocycles. The van der Waals surface area contributed by atoms with Crippen LogP contribution in [0, 0.1) is 0 Å². The number of nitrogens with one attached hydrogen (secondary N) is 1. The van der Waals surface area contributed by atoms with Crippen LogP contribution < -0.4 is 11.1 Å². The van der Waals surface area contributed by atoms with Gasteiger partial charge in [-0.1, -0.05) is 20.3 Å². The summed E-state index contributed by atoms with van der Waals surface area (Å²) >= 11 is 0. The Morgan fingerprint density at radius 2 is 2.28 bits per heavy atom. The Labute approximate surface area is 108 Å². The molecule has 1 atom stereocenters. The Kier molecular flexibility index (Phi) is 5.42. The zero-order valence-corrected chi connectivity index (χ0v) is 11.2. The van der Waals surface area contributed by atoms with E-state index >= 15 is 0 Å². The lowest BCUT2D eigenvalue weighted by molar-refractivity contribution is 0.0602. The lowest BCUT2D eigenvalue weighted by Crippen LogP contribution is -2.19. The highest BCUT2D eigenvalue weighted by Crippen LogP contribution is 2.17. The summed E-state index contributed by atoms with van der Waals surface area (Å²) in [5.74, 6) is 0.214. The van der Waals surface area contributed by atoms with Crippen molar-refractivity contribution in [2.45, 2.75) is 39.2 Å². The molecule has 0 radical (unpaired) electrons. The zero-order chi connectivity index (χ0) is 13.5. The molecule has 0 bridgehead atoms. The summed E-state index contributed by atoms with van der Waals surface area (Å²) in [6.45, 7) is 4.26. The van der Waals surface area contributed by atoms with Gasteiger partial charge in [0, 0.05) is 6.04 Å². The molecule has 1 aromatic rings. The molecule has 0 fully saturated rings. The van der Waals surface area contributed by atoms with E-state index in [1.54, 1.807) is 6.07 Å². The Bertz CT molecular complexity index is 407. The fraction of sp³-hybridized carbons (Fsp3) is 0.538. The summed E-state index contributed by atoms with van der Waals surface area (Å²) in [6, 6.07) is 2.00. The van der Waals surface area contributed by atoms with Crippen molar-refractivity contribution in [1.29, 1.82) is 0 Å². The van der Waals surface area contributed by atoms with E-state index in [0.29, 0.717) is 23.1 Å². The fourth-order valence-electron chi connectivity index (χ4n) is 1.77. The second-order valence-electron chi connectivity index (χ2n) is 4.19. The van der Waals surface area contributed by atoms with E-state index in [4.69, 9.17) is 5.73 Å². The number of aromatic nitrogens is 1. The maximum Gasteiger partial charge on any atom is 0.340 e. The number of carbonyl (C=O) groups excluding carboxylic acids is 1. The van der Waals surface area contributed by atoms with Gasteiger partial charge < -0.3 is 15.8 Å². The number of carbonyl (C=O) groups is 1. The highest BCUT2D eigenvalue weighted by Gasteiger charge is 2.13. The number of nitrogen functional groups attached to an aromatic ring is 1. The van der Waals surface area contributed by atoms with Crippen molar-refractivity contribution >= 4 is 17.5 Å². The topological polar surface area (TPSA) is 77.2 Å². The maximum atomic E-state index is 11.5. The van der Waals surface area contributed by atoms with Crippen LogP contribution >= 0.6 is 0 Å². The molecule has 5 nitrogen and oxygen atoms in total. The number of esters is 1. The van der Waals surface area contributed by atoms with Crippen molar-refractivity contribution in [3.63, 3.8) is 0 Å². The van der Waals surface area contributed by atoms with Crippen molar-refractivity contribution in [2.75, 3.05) is 18.2 Å². The van der Waals surface area contributed by atoms with Crippen molar-refractivity contribution in [3.05, 3.63) is 17.8 Å². The fourth-order valence-corrected chi connectivity index (χ4v) is 1.77. The first-order valence-electron chi connectivity index (χ1n) is 6.22. The molecular formula is C13H21N3O2. The minimum atomic E-state index is -0.443. The number of rotatable bonds is 6. The van der Waals surface area contributed by atoms with Crippen molar-refractivity contribution in [2.24, 2.45) is 0 Å². The van der Waals surface area contributed by atoms with Crippen LogP contribution in [-0.4, -0.2) is 24.1 Å². The number of ether oxygens (including phenoxy) is 1. The second kappa shape index (κ2) is 6.83. The van der Waals surface area contributed by atoms with Crippen LogP contribution in [0.3, 0.4) is 0 Å². The van der Waals surface area contributed by atoms with Gasteiger partial charge in [0.15, 0.2) is 0 Å². The molecule has 1 heterocycles. The molecule has 1 aromatic heterocycles. The molecule has 0 amide bonds. The highest BCUT2D eigenvalue weighted by atomic mass is 16.5. The molecule has 0 aromatic carbocycles. The summed E-state index contributed by atoms with van der Waals surface area (Å²) in [7, 11) is 1.33. The van der Waals surface area contributed by atoms with E-state index in [0.717, 1.165) is 19.3 Å². The second-order valence-corrected chi connectivity index (χ2v) is 4.19. The lowest BCUT2D eigenvalue weighted by Gasteiger charge is -2.17. The van der Waals surface area contributed by atoms with Crippen LogP contribution in [0.1, 0.15) is 43.5 Å². The van der Waals surface area contributed by atoms with Gasteiger partial charge in [0.05, 0.1) is 24.6 Å². The monoisotopic (exact) mass is 251 g/mol. The van der Waals surface area contributed by atoms with Crippen LogP contribution in [0.15, 0.2) is 12.3 Å². The highest BCUT2D eigenvalue weighted by molar-refractivity contribution is 5.95. The molecule has 0 aliphatic carbocycles. The Balaban J connectivity index is 2.87. The van der Waals surface area contributed by atoms with Gasteiger partial charge in [0.1, 0.15) is 5.82 Å². The standard InChI is InChI=1S/C13H21N3O2/c1-4-6-9(5-2)16-12-7-10(13(17)18-3)11(14)8-15-12/h7-9H,4-6,14H2,1-3H3,(H,15,16). The first-order chi connectivity index (χ1) is 8.62. The van der Waals surface area contributed by atoms with E-state index in [-0.39, 0.29) is 0 Å². The summed E-state index contributed by atoms with van der Waals surface area (Å²) in [4.78, 5) is 15.7. The Morgan fingerprint density at radius 1 is 1.56 bits per heavy atom. The summed E-state index contributed by atoms with van der Waals surface area (Å²) in [6.07, 6.45) is 4.65. The number of anilines is 2. The number of hydrogen-bond donors (Lipinski definition) is 2. The number of pyridine rings is 1. The van der Waals surface area contributed by atoms with Crippen LogP contribution in [0.5, 0.6) is 0 Å². The average molecular weight is 251 g/mol. The Hall–Kier alpha value is -1.78. The van der Waals surface area contributed by atoms with Crippen molar-refractivity contribution in [3.8, 4) is 0 Å². The molecule has 0 aliphatic rings. The Morgan fingerprint density at radius 3 is 2.83 bits per heavy atom. The van der Waals surface area contributed by atoms with Gasteiger partial charge in [-0.25, -0.2) is 9.78 Å². The molecule has 0 spiro atoms.